The molecule has 2 N–H and O–H groups in total. The van der Waals surface area contributed by atoms with Gasteiger partial charge in [-0.2, -0.15) is 8.78 Å². The fraction of sp³-hybridized carbons (Fsp3) is 0.917. The van der Waals surface area contributed by atoms with Crippen molar-refractivity contribution >= 4 is 0 Å². The summed E-state index contributed by atoms with van der Waals surface area (Å²) in [5, 5.41) is 16.8. The predicted molar refractivity (Wildman–Crippen MR) is 66.8 cm³/mol. The SMILES string of the molecule is OC(COCCF)COC[C-](F)F.OC(F)(F)COCC1CO1.[Rf].[Rf]. The van der Waals surface area contributed by atoms with Gasteiger partial charge < -0.3 is 37.9 Å². The monoisotopic (exact) mass is 889 g/mol. The number of hydrogen-bond donors (Lipinski definition) is 2. The van der Waals surface area contributed by atoms with Gasteiger partial charge in [-0.3, -0.25) is 0 Å². The van der Waals surface area contributed by atoms with Gasteiger partial charge in [0.15, 0.2) is 0 Å². The summed E-state index contributed by atoms with van der Waals surface area (Å²) in [6.07, 6.45) is -6.60. The van der Waals surface area contributed by atoms with E-state index in [-0.39, 0.29) is 32.5 Å². The molecule has 25 heavy (non-hydrogen) atoms. The molecule has 0 aromatic rings. The minimum Gasteiger partial charge on any atom is -0.419 e. The smallest absolute Gasteiger partial charge is 0.376 e. The molecule has 1 heterocycles. The molecule has 0 aromatic heterocycles. The Hall–Kier alpha value is -2.59. The molecule has 0 aromatic carbocycles. The third-order valence-electron chi connectivity index (χ3n) is 2.03. The van der Waals surface area contributed by atoms with Crippen molar-refractivity contribution < 1.29 is 51.1 Å². The third kappa shape index (κ3) is 23.8. The molecule has 0 aliphatic carbocycles. The van der Waals surface area contributed by atoms with Crippen molar-refractivity contribution in [3.63, 3.8) is 0 Å². The number of halogens is 5. The van der Waals surface area contributed by atoms with Gasteiger partial charge in [-0.25, -0.2) is 4.39 Å². The minimum absolute atomic E-state index is 0. The Bertz CT molecular complexity index is 285. The van der Waals surface area contributed by atoms with Crippen LogP contribution in [0.1, 0.15) is 0 Å². The minimum atomic E-state index is -3.71. The second-order valence-electron chi connectivity index (χ2n) is 4.41. The summed E-state index contributed by atoms with van der Waals surface area (Å²) in [5.74, 6) is 0. The normalized spacial score (nSPS) is 17.0. The molecule has 2 unspecified atom stereocenters. The molecule has 1 aliphatic heterocycles. The van der Waals surface area contributed by atoms with E-state index in [9.17, 15) is 22.0 Å². The maximum Gasteiger partial charge on any atom is 0.376 e. The summed E-state index contributed by atoms with van der Waals surface area (Å²) in [4.78, 5) is 0. The van der Waals surface area contributed by atoms with Gasteiger partial charge >= 0.3 is 6.11 Å². The molecule has 0 radical (unpaired) electrons. The summed E-state index contributed by atoms with van der Waals surface area (Å²) in [6.45, 7) is -2.15. The Morgan fingerprint density at radius 1 is 1.16 bits per heavy atom. The second-order valence-corrected chi connectivity index (χ2v) is 4.41. The Morgan fingerprint density at radius 3 is 2.16 bits per heavy atom. The van der Waals surface area contributed by atoms with E-state index < -0.39 is 38.5 Å². The van der Waals surface area contributed by atoms with E-state index in [1.54, 1.807) is 0 Å². The van der Waals surface area contributed by atoms with Gasteiger partial charge in [0.25, 0.3) is 0 Å². The summed E-state index contributed by atoms with van der Waals surface area (Å²) < 4.78 is 75.5. The van der Waals surface area contributed by atoms with Crippen molar-refractivity contribution in [2.75, 3.05) is 52.9 Å². The van der Waals surface area contributed by atoms with Gasteiger partial charge in [-0.15, -0.1) is 0 Å². The Kier molecular flexibility index (Phi) is 16.3. The molecule has 1 saturated heterocycles. The molecular formula is C12H20F5O6Rf2-. The van der Waals surface area contributed by atoms with E-state index in [4.69, 9.17) is 10.2 Å². The molecule has 1 fully saturated rings. The largest absolute Gasteiger partial charge is 0.419 e. The molecule has 2 atom stereocenters. The molecule has 6 nitrogen and oxygen atoms in total. The first-order valence-corrected chi connectivity index (χ1v) is 6.60. The van der Waals surface area contributed by atoms with Gasteiger partial charge in [0.1, 0.15) is 25.5 Å². The van der Waals surface area contributed by atoms with Crippen LogP contribution in [0.2, 0.25) is 0 Å². The topological polar surface area (TPSA) is 80.7 Å². The zero-order chi connectivity index (χ0) is 17.7. The van der Waals surface area contributed by atoms with Crippen LogP contribution in [0.15, 0.2) is 0 Å². The van der Waals surface area contributed by atoms with E-state index in [0.29, 0.717) is 6.61 Å². The van der Waals surface area contributed by atoms with E-state index in [0.717, 1.165) is 0 Å². The average molecular weight is 889 g/mol. The van der Waals surface area contributed by atoms with Crippen LogP contribution in [-0.2, 0) is 18.9 Å². The fourth-order valence-electron chi connectivity index (χ4n) is 1.07. The Morgan fingerprint density at radius 2 is 1.72 bits per heavy atom. The molecule has 0 amide bonds. The molecule has 1 aliphatic rings. The Balaban J connectivity index is -0.000000367. The summed E-state index contributed by atoms with van der Waals surface area (Å²) in [5.41, 5.74) is 0. The van der Waals surface area contributed by atoms with Gasteiger partial charge in [-0.05, 0) is 6.61 Å². The molecule has 1 rings (SSSR count). The van der Waals surface area contributed by atoms with Crippen molar-refractivity contribution in [2.45, 2.75) is 18.3 Å². The van der Waals surface area contributed by atoms with Crippen LogP contribution >= 0.6 is 0 Å². The van der Waals surface area contributed by atoms with E-state index in [2.05, 4.69) is 18.9 Å². The number of epoxide rings is 1. The van der Waals surface area contributed by atoms with Gasteiger partial charge in [0.05, 0.1) is 33.0 Å². The number of rotatable bonds is 12. The zero-order valence-electron chi connectivity index (χ0n) is 13.6. The quantitative estimate of drug-likeness (QED) is 0.131. The van der Waals surface area contributed by atoms with Crippen LogP contribution in [0.3, 0.4) is 0 Å². The van der Waals surface area contributed by atoms with E-state index in [1.807, 2.05) is 0 Å². The molecule has 13 heteroatoms. The molecule has 0 bridgehead atoms. The average Bonchev–Trinajstić information content (AvgIpc) is 3.22. The molecule has 144 valence electrons. The van der Waals surface area contributed by atoms with Crippen molar-refractivity contribution in [1.29, 1.82) is 0 Å². The number of ether oxygens (including phenoxy) is 4. The second kappa shape index (κ2) is 15.0. The summed E-state index contributed by atoms with van der Waals surface area (Å²) in [6, 6.07) is 0. The summed E-state index contributed by atoms with van der Waals surface area (Å²) >= 11 is 0. The van der Waals surface area contributed by atoms with Crippen LogP contribution in [-0.4, -0.2) is 81.5 Å². The first kappa shape index (κ1) is 27.3. The van der Waals surface area contributed by atoms with E-state index >= 15 is 0 Å². The van der Waals surface area contributed by atoms with Gasteiger partial charge in [0.2, 0.25) is 0 Å². The number of aliphatic hydroxyl groups is 2. The Labute approximate surface area is 130 Å². The predicted octanol–water partition coefficient (Wildman–Crippen LogP) is 0.765. The van der Waals surface area contributed by atoms with Crippen LogP contribution in [0.25, 0.3) is 0 Å². The van der Waals surface area contributed by atoms with Gasteiger partial charge in [-0.1, -0.05) is 0 Å². The number of aliphatic hydroxyl groups excluding tert-OH is 1. The summed E-state index contributed by atoms with van der Waals surface area (Å²) in [7, 11) is 0. The first-order valence-electron chi connectivity index (χ1n) is 6.60. The first-order chi connectivity index (χ1) is 10.7. The third-order valence-corrected chi connectivity index (χ3v) is 2.03. The standard InChI is InChI=1S/C7H12F3O3.C5H8F2O3.2Rf/c8-1-2-12-3-6(11)4-13-5-7(9)10;6-5(7,8)3-9-1-4-2-10-4;;/h6,11H,1-5H2;4,8H,1-3H2;;/q-1;;;. The number of hydrogen-bond acceptors (Lipinski definition) is 6. The zero-order valence-corrected chi connectivity index (χ0v) is 26.4. The molecular weight excluding hydrogens is 869 g/mol. The fourth-order valence-corrected chi connectivity index (χ4v) is 1.07. The maximum atomic E-state index is 11.6. The van der Waals surface area contributed by atoms with Crippen LogP contribution in [0.5, 0.6) is 0 Å². The van der Waals surface area contributed by atoms with Crippen LogP contribution in [0.4, 0.5) is 22.0 Å². The van der Waals surface area contributed by atoms with Crippen molar-refractivity contribution in [3.8, 4) is 0 Å². The molecule has 0 spiro atoms. The number of alkyl halides is 3. The van der Waals surface area contributed by atoms with Crippen molar-refractivity contribution in [3.05, 3.63) is 6.43 Å². The van der Waals surface area contributed by atoms with Crippen molar-refractivity contribution in [2.24, 2.45) is 0 Å². The maximum absolute atomic E-state index is 11.6. The van der Waals surface area contributed by atoms with Crippen LogP contribution < -0.4 is 0 Å². The van der Waals surface area contributed by atoms with Crippen molar-refractivity contribution in [1.82, 2.24) is 0 Å². The van der Waals surface area contributed by atoms with Crippen LogP contribution in [0, 0.1) is 6.43 Å². The van der Waals surface area contributed by atoms with E-state index in [1.165, 1.54) is 0 Å². The van der Waals surface area contributed by atoms with Gasteiger partial charge in [0, 0.05) is 6.43 Å². The molecule has 0 saturated carbocycles.